The van der Waals surface area contributed by atoms with Gasteiger partial charge < -0.3 is 19.4 Å². The van der Waals surface area contributed by atoms with E-state index in [1.807, 2.05) is 18.2 Å². The molecule has 3 aromatic rings. The number of aryl methyl sites for hydroxylation is 1. The van der Waals surface area contributed by atoms with Crippen molar-refractivity contribution in [2.24, 2.45) is 0 Å². The van der Waals surface area contributed by atoms with E-state index in [1.54, 1.807) is 26.1 Å². The SMILES string of the molecule is COC(=O)c1c(C)[nH]c(C(=O)[C@@H](C)OC(=O)c2c[nH]c3ccccc23)c1C. The topological polar surface area (TPSA) is 101 Å². The minimum atomic E-state index is -1.02. The van der Waals surface area contributed by atoms with Crippen LogP contribution in [0, 0.1) is 13.8 Å². The average molecular weight is 368 g/mol. The molecule has 0 aliphatic rings. The van der Waals surface area contributed by atoms with Crippen LogP contribution in [0.25, 0.3) is 10.9 Å². The van der Waals surface area contributed by atoms with Crippen molar-refractivity contribution in [1.82, 2.24) is 9.97 Å². The van der Waals surface area contributed by atoms with Crippen LogP contribution in [0.2, 0.25) is 0 Å². The monoisotopic (exact) mass is 368 g/mol. The summed E-state index contributed by atoms with van der Waals surface area (Å²) < 4.78 is 10.1. The molecule has 140 valence electrons. The summed E-state index contributed by atoms with van der Waals surface area (Å²) >= 11 is 0. The highest BCUT2D eigenvalue weighted by Gasteiger charge is 2.28. The third-order valence-corrected chi connectivity index (χ3v) is 4.54. The number of methoxy groups -OCH3 is 1. The van der Waals surface area contributed by atoms with E-state index < -0.39 is 23.8 Å². The molecule has 0 fully saturated rings. The summed E-state index contributed by atoms with van der Waals surface area (Å²) in [4.78, 5) is 43.0. The number of para-hydroxylation sites is 1. The van der Waals surface area contributed by atoms with Crippen molar-refractivity contribution in [2.75, 3.05) is 7.11 Å². The van der Waals surface area contributed by atoms with Crippen molar-refractivity contribution >= 4 is 28.6 Å². The predicted molar refractivity (Wildman–Crippen MR) is 99.1 cm³/mol. The molecule has 27 heavy (non-hydrogen) atoms. The highest BCUT2D eigenvalue weighted by atomic mass is 16.5. The lowest BCUT2D eigenvalue weighted by Gasteiger charge is -2.12. The Balaban J connectivity index is 1.82. The van der Waals surface area contributed by atoms with E-state index in [4.69, 9.17) is 9.47 Å². The first-order valence-corrected chi connectivity index (χ1v) is 8.44. The summed E-state index contributed by atoms with van der Waals surface area (Å²) in [5, 5.41) is 0.724. The number of fused-ring (bicyclic) bond motifs is 1. The lowest BCUT2D eigenvalue weighted by atomic mass is 10.1. The zero-order chi connectivity index (χ0) is 19.7. The number of aromatic amines is 2. The number of rotatable bonds is 5. The highest BCUT2D eigenvalue weighted by Crippen LogP contribution is 2.22. The van der Waals surface area contributed by atoms with E-state index in [-0.39, 0.29) is 5.69 Å². The van der Waals surface area contributed by atoms with E-state index in [9.17, 15) is 14.4 Å². The molecule has 2 N–H and O–H groups in total. The Morgan fingerprint density at radius 2 is 1.78 bits per heavy atom. The summed E-state index contributed by atoms with van der Waals surface area (Å²) in [5.74, 6) is -1.54. The second-order valence-electron chi connectivity index (χ2n) is 6.28. The molecule has 0 saturated carbocycles. The van der Waals surface area contributed by atoms with Gasteiger partial charge in [-0.3, -0.25) is 4.79 Å². The minimum absolute atomic E-state index is 0.229. The fourth-order valence-corrected chi connectivity index (χ4v) is 3.13. The number of carbonyl (C=O) groups excluding carboxylic acids is 3. The number of ether oxygens (including phenoxy) is 2. The molecule has 0 aliphatic heterocycles. The van der Waals surface area contributed by atoms with Gasteiger partial charge in [0.1, 0.15) is 0 Å². The molecule has 2 aromatic heterocycles. The number of hydrogen-bond acceptors (Lipinski definition) is 5. The number of benzene rings is 1. The Morgan fingerprint density at radius 3 is 2.48 bits per heavy atom. The molecule has 1 atom stereocenters. The maximum Gasteiger partial charge on any atom is 0.341 e. The van der Waals surface area contributed by atoms with Crippen LogP contribution in [0.5, 0.6) is 0 Å². The zero-order valence-electron chi connectivity index (χ0n) is 15.5. The highest BCUT2D eigenvalue weighted by molar-refractivity contribution is 6.07. The molecule has 0 radical (unpaired) electrons. The first kappa shape index (κ1) is 18.4. The van der Waals surface area contributed by atoms with Gasteiger partial charge in [-0.05, 0) is 32.4 Å². The standard InChI is InChI=1S/C20H20N2O5/c1-10-16(20(25)26-4)11(2)22-17(10)18(23)12(3)27-19(24)14-9-21-15-8-6-5-7-13(14)15/h5-9,12,21-22H,1-4H3/t12-/m1/s1. The number of hydrogen-bond donors (Lipinski definition) is 2. The van der Waals surface area contributed by atoms with Crippen LogP contribution in [0.4, 0.5) is 0 Å². The Bertz CT molecular complexity index is 1040. The number of ketones is 1. The summed E-state index contributed by atoms with van der Waals surface area (Å²) in [6.45, 7) is 4.83. The van der Waals surface area contributed by atoms with Crippen molar-refractivity contribution in [3.63, 3.8) is 0 Å². The molecule has 0 unspecified atom stereocenters. The molecule has 0 spiro atoms. The fourth-order valence-electron chi connectivity index (χ4n) is 3.13. The van der Waals surface area contributed by atoms with Crippen LogP contribution >= 0.6 is 0 Å². The largest absolute Gasteiger partial charge is 0.465 e. The molecule has 1 aromatic carbocycles. The van der Waals surface area contributed by atoms with Gasteiger partial charge in [0.25, 0.3) is 0 Å². The van der Waals surface area contributed by atoms with Gasteiger partial charge in [0.05, 0.1) is 23.9 Å². The lowest BCUT2D eigenvalue weighted by molar-refractivity contribution is 0.0318. The quantitative estimate of drug-likeness (QED) is 0.531. The summed E-state index contributed by atoms with van der Waals surface area (Å²) in [5.41, 5.74) is 2.71. The average Bonchev–Trinajstić information content (AvgIpc) is 3.21. The van der Waals surface area contributed by atoms with Gasteiger partial charge >= 0.3 is 11.9 Å². The minimum Gasteiger partial charge on any atom is -0.465 e. The Morgan fingerprint density at radius 1 is 1.07 bits per heavy atom. The number of esters is 2. The number of nitrogens with one attached hydrogen (secondary N) is 2. The maximum atomic E-state index is 12.7. The second kappa shape index (κ2) is 7.11. The Hall–Kier alpha value is -3.35. The van der Waals surface area contributed by atoms with Crippen LogP contribution in [-0.2, 0) is 9.47 Å². The molecule has 3 rings (SSSR count). The first-order valence-electron chi connectivity index (χ1n) is 8.44. The van der Waals surface area contributed by atoms with E-state index in [1.165, 1.54) is 14.0 Å². The number of carbonyl (C=O) groups is 3. The van der Waals surface area contributed by atoms with Crippen molar-refractivity contribution in [3.8, 4) is 0 Å². The van der Waals surface area contributed by atoms with Crippen molar-refractivity contribution < 1.29 is 23.9 Å². The smallest absolute Gasteiger partial charge is 0.341 e. The van der Waals surface area contributed by atoms with Crippen LogP contribution in [0.3, 0.4) is 0 Å². The zero-order valence-corrected chi connectivity index (χ0v) is 15.5. The summed E-state index contributed by atoms with van der Waals surface area (Å²) in [7, 11) is 1.28. The van der Waals surface area contributed by atoms with Gasteiger partial charge in [0.15, 0.2) is 6.10 Å². The normalized spacial score (nSPS) is 12.0. The van der Waals surface area contributed by atoms with Gasteiger partial charge in [-0.2, -0.15) is 0 Å². The van der Waals surface area contributed by atoms with Crippen molar-refractivity contribution in [3.05, 3.63) is 58.5 Å². The van der Waals surface area contributed by atoms with Gasteiger partial charge in [-0.25, -0.2) is 9.59 Å². The van der Waals surface area contributed by atoms with Crippen LogP contribution < -0.4 is 0 Å². The van der Waals surface area contributed by atoms with E-state index in [0.717, 1.165) is 10.9 Å². The lowest BCUT2D eigenvalue weighted by Crippen LogP contribution is -2.25. The maximum absolute atomic E-state index is 12.7. The van der Waals surface area contributed by atoms with E-state index in [0.29, 0.717) is 22.4 Å². The van der Waals surface area contributed by atoms with Gasteiger partial charge in [0, 0.05) is 22.8 Å². The summed E-state index contributed by atoms with van der Waals surface area (Å²) in [6, 6.07) is 7.33. The number of H-pyrrole nitrogens is 2. The molecular weight excluding hydrogens is 348 g/mol. The third kappa shape index (κ3) is 3.23. The van der Waals surface area contributed by atoms with Crippen LogP contribution in [0.15, 0.2) is 30.5 Å². The van der Waals surface area contributed by atoms with Crippen LogP contribution in [-0.4, -0.2) is 40.9 Å². The molecule has 2 heterocycles. The van der Waals surface area contributed by atoms with Crippen LogP contribution in [0.1, 0.15) is 49.4 Å². The molecule has 0 bridgehead atoms. The number of Topliss-reactive ketones (excluding diaryl/α,β-unsaturated/α-hetero) is 1. The second-order valence-corrected chi connectivity index (χ2v) is 6.28. The fraction of sp³-hybridized carbons (Fsp3) is 0.250. The Kier molecular flexibility index (Phi) is 4.85. The molecule has 7 heteroatoms. The molecular formula is C20H20N2O5. The predicted octanol–water partition coefficient (Wildman–Crippen LogP) is 3.33. The van der Waals surface area contributed by atoms with E-state index >= 15 is 0 Å². The Labute approximate surface area is 155 Å². The first-order chi connectivity index (χ1) is 12.8. The molecule has 0 amide bonds. The van der Waals surface area contributed by atoms with Gasteiger partial charge in [-0.1, -0.05) is 18.2 Å². The number of aromatic nitrogens is 2. The third-order valence-electron chi connectivity index (χ3n) is 4.54. The van der Waals surface area contributed by atoms with Gasteiger partial charge in [0.2, 0.25) is 5.78 Å². The summed E-state index contributed by atoms with van der Waals surface area (Å²) in [6.07, 6.45) is 0.539. The van der Waals surface area contributed by atoms with E-state index in [2.05, 4.69) is 9.97 Å². The molecule has 0 saturated heterocycles. The van der Waals surface area contributed by atoms with Gasteiger partial charge in [-0.15, -0.1) is 0 Å². The molecule has 0 aliphatic carbocycles. The molecule has 7 nitrogen and oxygen atoms in total. The van der Waals surface area contributed by atoms with Crippen molar-refractivity contribution in [2.45, 2.75) is 26.9 Å². The van der Waals surface area contributed by atoms with Crippen molar-refractivity contribution in [1.29, 1.82) is 0 Å².